The van der Waals surface area contributed by atoms with Gasteiger partial charge in [0.15, 0.2) is 17.2 Å². The first kappa shape index (κ1) is 15.9. The van der Waals surface area contributed by atoms with Gasteiger partial charge in [0.25, 0.3) is 5.91 Å². The maximum atomic E-state index is 12.7. The van der Waals surface area contributed by atoms with E-state index in [0.717, 1.165) is 0 Å². The van der Waals surface area contributed by atoms with Crippen molar-refractivity contribution >= 4 is 23.2 Å². The van der Waals surface area contributed by atoms with Gasteiger partial charge in [-0.05, 0) is 38.1 Å². The van der Waals surface area contributed by atoms with Crippen molar-refractivity contribution in [1.29, 1.82) is 0 Å². The maximum absolute atomic E-state index is 12.7. The Bertz CT molecular complexity index is 776. The smallest absolute Gasteiger partial charge is 0.271 e. The quantitative estimate of drug-likeness (QED) is 0.830. The summed E-state index contributed by atoms with van der Waals surface area (Å²) >= 11 is 0. The minimum atomic E-state index is -0.970. The lowest BCUT2D eigenvalue weighted by molar-refractivity contribution is -0.132. The van der Waals surface area contributed by atoms with Gasteiger partial charge >= 0.3 is 0 Å². The van der Waals surface area contributed by atoms with E-state index in [1.54, 1.807) is 43.0 Å². The van der Waals surface area contributed by atoms with Gasteiger partial charge in [-0.2, -0.15) is 0 Å². The van der Waals surface area contributed by atoms with Crippen LogP contribution in [0.25, 0.3) is 0 Å². The second kappa shape index (κ2) is 5.92. The van der Waals surface area contributed by atoms with E-state index in [1.807, 2.05) is 12.1 Å². The van der Waals surface area contributed by atoms with Gasteiger partial charge in [0.2, 0.25) is 0 Å². The third-order valence-corrected chi connectivity index (χ3v) is 3.68. The second-order valence-electron chi connectivity index (χ2n) is 6.05. The van der Waals surface area contributed by atoms with E-state index in [4.69, 9.17) is 20.9 Å². The van der Waals surface area contributed by atoms with Crippen LogP contribution in [0.4, 0.5) is 17.3 Å². The number of hydrogen-bond acceptors (Lipinski definition) is 6. The van der Waals surface area contributed by atoms with E-state index < -0.39 is 5.60 Å². The van der Waals surface area contributed by atoms with Crippen LogP contribution < -0.4 is 25.8 Å². The van der Waals surface area contributed by atoms with Crippen molar-refractivity contribution in [2.75, 3.05) is 29.5 Å². The highest BCUT2D eigenvalue weighted by Gasteiger charge is 2.41. The van der Waals surface area contributed by atoms with Crippen molar-refractivity contribution in [2.24, 2.45) is 0 Å². The summed E-state index contributed by atoms with van der Waals surface area (Å²) in [7, 11) is 0. The van der Waals surface area contributed by atoms with E-state index in [-0.39, 0.29) is 5.91 Å². The number of anilines is 3. The summed E-state index contributed by atoms with van der Waals surface area (Å²) in [4.78, 5) is 18.4. The minimum Gasteiger partial charge on any atom is -0.492 e. The molecule has 4 N–H and O–H groups in total. The van der Waals surface area contributed by atoms with Crippen molar-refractivity contribution in [3.8, 4) is 11.5 Å². The number of benzene rings is 1. The highest BCUT2D eigenvalue weighted by molar-refractivity contribution is 6.01. The van der Waals surface area contributed by atoms with Crippen LogP contribution in [0.3, 0.4) is 0 Å². The van der Waals surface area contributed by atoms with Crippen molar-refractivity contribution in [3.05, 3.63) is 36.4 Å². The van der Waals surface area contributed by atoms with Crippen LogP contribution in [-0.4, -0.2) is 29.6 Å². The average molecular weight is 328 g/mol. The lowest BCUT2D eigenvalue weighted by Crippen LogP contribution is -2.53. The first-order chi connectivity index (χ1) is 11.4. The second-order valence-corrected chi connectivity index (χ2v) is 6.05. The van der Waals surface area contributed by atoms with Gasteiger partial charge < -0.3 is 20.9 Å². The molecule has 1 aromatic heterocycles. The average Bonchev–Trinajstić information content (AvgIpc) is 2.52. The van der Waals surface area contributed by atoms with Crippen LogP contribution in [0, 0.1) is 0 Å². The summed E-state index contributed by atoms with van der Waals surface area (Å²) in [5.41, 5.74) is 11.1. The standard InChI is InChI=1S/C17H20N4O3/c1-17(2)16(22)21(15-13(24-17)6-7-14(19)20-15)8-9-23-12-5-3-4-11(18)10-12/h3-7,10H,8-9,18H2,1-2H3,(H2,19,20). The monoisotopic (exact) mass is 328 g/mol. The number of ether oxygens (including phenoxy) is 2. The van der Waals surface area contributed by atoms with Gasteiger partial charge in [0.1, 0.15) is 18.2 Å². The maximum Gasteiger partial charge on any atom is 0.271 e. The molecule has 3 rings (SSSR count). The molecule has 0 saturated carbocycles. The third-order valence-electron chi connectivity index (χ3n) is 3.68. The van der Waals surface area contributed by atoms with Gasteiger partial charge in [-0.25, -0.2) is 4.98 Å². The number of hydrogen-bond donors (Lipinski definition) is 2. The Kier molecular flexibility index (Phi) is 3.92. The number of nitrogens with two attached hydrogens (primary N) is 2. The fourth-order valence-corrected chi connectivity index (χ4v) is 2.53. The molecule has 0 saturated heterocycles. The molecule has 0 radical (unpaired) electrons. The fraction of sp³-hybridized carbons (Fsp3) is 0.294. The van der Waals surface area contributed by atoms with Gasteiger partial charge in [-0.15, -0.1) is 0 Å². The third kappa shape index (κ3) is 3.05. The van der Waals surface area contributed by atoms with E-state index in [1.165, 1.54) is 0 Å². The van der Waals surface area contributed by atoms with Gasteiger partial charge in [0, 0.05) is 11.8 Å². The molecule has 0 aliphatic carbocycles. The molecule has 0 unspecified atom stereocenters. The summed E-state index contributed by atoms with van der Waals surface area (Å²) < 4.78 is 11.4. The topological polar surface area (TPSA) is 104 Å². The first-order valence-corrected chi connectivity index (χ1v) is 7.63. The molecule has 0 fully saturated rings. The molecule has 1 aromatic carbocycles. The lowest BCUT2D eigenvalue weighted by Gasteiger charge is -2.37. The predicted octanol–water partition coefficient (Wildman–Crippen LogP) is 1.83. The summed E-state index contributed by atoms with van der Waals surface area (Å²) in [6, 6.07) is 10.5. The van der Waals surface area contributed by atoms with Gasteiger partial charge in [-0.1, -0.05) is 6.07 Å². The Morgan fingerprint density at radius 3 is 2.79 bits per heavy atom. The molecule has 0 bridgehead atoms. The number of aromatic nitrogens is 1. The number of amides is 1. The van der Waals surface area contributed by atoms with Crippen LogP contribution in [-0.2, 0) is 4.79 Å². The van der Waals surface area contributed by atoms with Crippen LogP contribution in [0.5, 0.6) is 11.5 Å². The van der Waals surface area contributed by atoms with Crippen LogP contribution in [0.15, 0.2) is 36.4 Å². The highest BCUT2D eigenvalue weighted by atomic mass is 16.5. The number of nitrogens with zero attached hydrogens (tertiary/aromatic N) is 2. The van der Waals surface area contributed by atoms with Gasteiger partial charge in [0.05, 0.1) is 6.54 Å². The van der Waals surface area contributed by atoms with Crippen LogP contribution >= 0.6 is 0 Å². The number of fused-ring (bicyclic) bond motifs is 1. The largest absolute Gasteiger partial charge is 0.492 e. The number of carbonyl (C=O) groups is 1. The zero-order valence-electron chi connectivity index (χ0n) is 13.7. The molecule has 1 aliphatic rings. The molecule has 2 heterocycles. The van der Waals surface area contributed by atoms with Crippen LogP contribution in [0.2, 0.25) is 0 Å². The number of nitrogen functional groups attached to an aromatic ring is 2. The summed E-state index contributed by atoms with van der Waals surface area (Å²) in [6.45, 7) is 4.06. The SMILES string of the molecule is CC1(C)Oc2ccc(N)nc2N(CCOc2cccc(N)c2)C1=O. The van der Waals surface area contributed by atoms with Crippen molar-refractivity contribution in [3.63, 3.8) is 0 Å². The molecule has 126 valence electrons. The lowest BCUT2D eigenvalue weighted by atomic mass is 10.1. The fourth-order valence-electron chi connectivity index (χ4n) is 2.53. The highest BCUT2D eigenvalue weighted by Crippen LogP contribution is 2.36. The Balaban J connectivity index is 1.78. The molecule has 1 aliphatic heterocycles. The summed E-state index contributed by atoms with van der Waals surface area (Å²) in [5.74, 6) is 1.72. The van der Waals surface area contributed by atoms with Crippen LogP contribution in [0.1, 0.15) is 13.8 Å². The van der Waals surface area contributed by atoms with E-state index in [2.05, 4.69) is 4.98 Å². The zero-order valence-corrected chi connectivity index (χ0v) is 13.7. The van der Waals surface area contributed by atoms with E-state index >= 15 is 0 Å². The molecule has 0 spiro atoms. The van der Waals surface area contributed by atoms with Crippen molar-refractivity contribution in [1.82, 2.24) is 4.98 Å². The molecule has 1 amide bonds. The molecular formula is C17H20N4O3. The Morgan fingerprint density at radius 1 is 1.25 bits per heavy atom. The summed E-state index contributed by atoms with van der Waals surface area (Å²) in [6.07, 6.45) is 0. The minimum absolute atomic E-state index is 0.190. The molecule has 7 nitrogen and oxygen atoms in total. The molecular weight excluding hydrogens is 308 g/mol. The van der Waals surface area contributed by atoms with E-state index in [0.29, 0.717) is 42.0 Å². The Morgan fingerprint density at radius 2 is 2.04 bits per heavy atom. The Labute approximate surface area is 140 Å². The molecule has 0 atom stereocenters. The molecule has 2 aromatic rings. The summed E-state index contributed by atoms with van der Waals surface area (Å²) in [5, 5.41) is 0. The number of pyridine rings is 1. The first-order valence-electron chi connectivity index (χ1n) is 7.63. The zero-order chi connectivity index (χ0) is 17.3. The van der Waals surface area contributed by atoms with E-state index in [9.17, 15) is 4.79 Å². The van der Waals surface area contributed by atoms with Gasteiger partial charge in [-0.3, -0.25) is 9.69 Å². The Hall–Kier alpha value is -2.96. The number of rotatable bonds is 4. The molecule has 7 heteroatoms. The van der Waals surface area contributed by atoms with Crippen molar-refractivity contribution in [2.45, 2.75) is 19.4 Å². The van der Waals surface area contributed by atoms with Crippen molar-refractivity contribution < 1.29 is 14.3 Å². The predicted molar refractivity (Wildman–Crippen MR) is 92.1 cm³/mol. The normalized spacial score (nSPS) is 15.6. The molecule has 24 heavy (non-hydrogen) atoms. The number of carbonyl (C=O) groups excluding carboxylic acids is 1.